The van der Waals surface area contributed by atoms with E-state index in [1.807, 2.05) is 0 Å². The lowest BCUT2D eigenvalue weighted by molar-refractivity contribution is 0.102. The number of anilines is 2. The Morgan fingerprint density at radius 1 is 0.926 bits per heavy atom. The molecular formula is C19H13FN2O4S. The molecule has 0 aliphatic carbocycles. The zero-order chi connectivity index (χ0) is 19.0. The molecule has 1 aliphatic heterocycles. The second-order valence-corrected chi connectivity index (χ2v) is 7.51. The number of carbonyl (C=O) groups excluding carboxylic acids is 1. The summed E-state index contributed by atoms with van der Waals surface area (Å²) in [6, 6.07) is 15.9. The fourth-order valence-electron chi connectivity index (χ4n) is 2.68. The minimum absolute atomic E-state index is 0.155. The molecule has 136 valence electrons. The van der Waals surface area contributed by atoms with Crippen molar-refractivity contribution in [2.45, 2.75) is 4.90 Å². The number of benzene rings is 3. The Morgan fingerprint density at radius 2 is 1.74 bits per heavy atom. The summed E-state index contributed by atoms with van der Waals surface area (Å²) in [4.78, 5) is 12.3. The molecule has 0 saturated carbocycles. The van der Waals surface area contributed by atoms with Gasteiger partial charge < -0.3 is 10.1 Å². The van der Waals surface area contributed by atoms with Gasteiger partial charge in [0, 0.05) is 5.69 Å². The van der Waals surface area contributed by atoms with Gasteiger partial charge in [0.25, 0.3) is 15.9 Å². The van der Waals surface area contributed by atoms with Gasteiger partial charge in [-0.1, -0.05) is 18.2 Å². The van der Waals surface area contributed by atoms with Crippen LogP contribution in [0.25, 0.3) is 0 Å². The largest absolute Gasteiger partial charge is 0.454 e. The molecule has 1 aliphatic rings. The van der Waals surface area contributed by atoms with Crippen molar-refractivity contribution in [3.8, 4) is 11.5 Å². The number of halogens is 1. The summed E-state index contributed by atoms with van der Waals surface area (Å²) in [7, 11) is -4.01. The molecule has 3 aromatic carbocycles. The minimum atomic E-state index is -4.01. The lowest BCUT2D eigenvalue weighted by Gasteiger charge is -2.11. The van der Waals surface area contributed by atoms with Crippen molar-refractivity contribution >= 4 is 27.3 Å². The Hall–Kier alpha value is -3.39. The summed E-state index contributed by atoms with van der Waals surface area (Å²) in [6.07, 6.45) is 0. The number of hydrogen-bond donors (Lipinski definition) is 2. The minimum Gasteiger partial charge on any atom is -0.454 e. The second kappa shape index (κ2) is 6.40. The molecule has 0 radical (unpaired) electrons. The maximum atomic E-state index is 13.3. The van der Waals surface area contributed by atoms with Gasteiger partial charge in [-0.2, -0.15) is 0 Å². The SMILES string of the molecule is O=C1Nc2ccccc2Oc2ccc(NS(=O)(=O)c3cccc(F)c3)cc21. The zero-order valence-electron chi connectivity index (χ0n) is 13.8. The predicted octanol–water partition coefficient (Wildman–Crippen LogP) is 3.98. The molecule has 0 saturated heterocycles. The van der Waals surface area contributed by atoms with Crippen LogP contribution in [-0.4, -0.2) is 14.3 Å². The number of rotatable bonds is 3. The van der Waals surface area contributed by atoms with E-state index in [2.05, 4.69) is 10.0 Å². The lowest BCUT2D eigenvalue weighted by atomic mass is 10.1. The monoisotopic (exact) mass is 384 g/mol. The highest BCUT2D eigenvalue weighted by Gasteiger charge is 2.22. The standard InChI is InChI=1S/C19H13FN2O4S/c20-12-4-3-5-14(10-12)27(24,25)22-13-8-9-17-15(11-13)19(23)21-16-6-1-2-7-18(16)26-17/h1-11,22H,(H,21,23). The smallest absolute Gasteiger partial charge is 0.261 e. The summed E-state index contributed by atoms with van der Waals surface area (Å²) in [5.41, 5.74) is 0.842. The fraction of sp³-hybridized carbons (Fsp3) is 0. The van der Waals surface area contributed by atoms with E-state index in [1.165, 1.54) is 30.3 Å². The molecule has 3 aromatic rings. The summed E-state index contributed by atoms with van der Waals surface area (Å²) >= 11 is 0. The van der Waals surface area contributed by atoms with Crippen LogP contribution in [0.4, 0.5) is 15.8 Å². The van der Waals surface area contributed by atoms with Crippen molar-refractivity contribution in [2.75, 3.05) is 10.0 Å². The van der Waals surface area contributed by atoms with E-state index in [9.17, 15) is 17.6 Å². The first-order chi connectivity index (χ1) is 12.9. The summed E-state index contributed by atoms with van der Waals surface area (Å²) < 4.78 is 46.3. The van der Waals surface area contributed by atoms with Crippen LogP contribution < -0.4 is 14.8 Å². The molecule has 4 rings (SSSR count). The highest BCUT2D eigenvalue weighted by Crippen LogP contribution is 2.36. The van der Waals surface area contributed by atoms with Gasteiger partial charge >= 0.3 is 0 Å². The predicted molar refractivity (Wildman–Crippen MR) is 98.1 cm³/mol. The second-order valence-electron chi connectivity index (χ2n) is 5.83. The van der Waals surface area contributed by atoms with E-state index in [4.69, 9.17) is 4.74 Å². The van der Waals surface area contributed by atoms with E-state index in [-0.39, 0.29) is 16.1 Å². The Bertz CT molecular complexity index is 1160. The molecule has 0 atom stereocenters. The maximum Gasteiger partial charge on any atom is 0.261 e. The molecule has 8 heteroatoms. The van der Waals surface area contributed by atoms with Gasteiger partial charge in [0.1, 0.15) is 11.6 Å². The van der Waals surface area contributed by atoms with Crippen LogP contribution in [-0.2, 0) is 10.0 Å². The van der Waals surface area contributed by atoms with Crippen LogP contribution in [0.5, 0.6) is 11.5 Å². The molecule has 2 N–H and O–H groups in total. The number of ether oxygens (including phenoxy) is 1. The lowest BCUT2D eigenvalue weighted by Crippen LogP contribution is -2.15. The van der Waals surface area contributed by atoms with E-state index < -0.39 is 21.7 Å². The van der Waals surface area contributed by atoms with Crippen LogP contribution in [0.2, 0.25) is 0 Å². The Balaban J connectivity index is 1.68. The number of carbonyl (C=O) groups is 1. The normalized spacial score (nSPS) is 12.9. The third kappa shape index (κ3) is 3.34. The maximum absolute atomic E-state index is 13.3. The molecule has 0 fully saturated rings. The van der Waals surface area contributed by atoms with Gasteiger partial charge in [-0.15, -0.1) is 0 Å². The van der Waals surface area contributed by atoms with Crippen LogP contribution in [0.3, 0.4) is 0 Å². The number of para-hydroxylation sites is 2. The number of amides is 1. The van der Waals surface area contributed by atoms with Crippen molar-refractivity contribution < 1.29 is 22.3 Å². The topological polar surface area (TPSA) is 84.5 Å². The highest BCUT2D eigenvalue weighted by atomic mass is 32.2. The Kier molecular flexibility index (Phi) is 4.04. The van der Waals surface area contributed by atoms with Gasteiger partial charge in [0.15, 0.2) is 5.75 Å². The molecule has 0 spiro atoms. The van der Waals surface area contributed by atoms with Crippen LogP contribution in [0, 0.1) is 5.82 Å². The van der Waals surface area contributed by atoms with Gasteiger partial charge in [-0.25, -0.2) is 12.8 Å². The van der Waals surface area contributed by atoms with Gasteiger partial charge in [-0.05, 0) is 48.5 Å². The van der Waals surface area contributed by atoms with Crippen LogP contribution in [0.15, 0.2) is 71.6 Å². The number of sulfonamides is 1. The van der Waals surface area contributed by atoms with E-state index in [1.54, 1.807) is 24.3 Å². The average molecular weight is 384 g/mol. The summed E-state index contributed by atoms with van der Waals surface area (Å²) in [5.74, 6) is -0.309. The number of hydrogen-bond acceptors (Lipinski definition) is 4. The van der Waals surface area contributed by atoms with Gasteiger partial charge in [0.2, 0.25) is 0 Å². The van der Waals surface area contributed by atoms with E-state index in [0.29, 0.717) is 17.2 Å². The Morgan fingerprint density at radius 3 is 2.56 bits per heavy atom. The van der Waals surface area contributed by atoms with Crippen LogP contribution in [0.1, 0.15) is 10.4 Å². The molecule has 0 aromatic heterocycles. The van der Waals surface area contributed by atoms with Crippen molar-refractivity contribution in [3.05, 3.63) is 78.1 Å². The third-order valence-corrected chi connectivity index (χ3v) is 5.32. The molecule has 1 amide bonds. The molecule has 6 nitrogen and oxygen atoms in total. The fourth-order valence-corrected chi connectivity index (χ4v) is 3.76. The van der Waals surface area contributed by atoms with E-state index in [0.717, 1.165) is 12.1 Å². The van der Waals surface area contributed by atoms with Crippen molar-refractivity contribution in [3.63, 3.8) is 0 Å². The molecule has 1 heterocycles. The van der Waals surface area contributed by atoms with Gasteiger partial charge in [0.05, 0.1) is 16.1 Å². The highest BCUT2D eigenvalue weighted by molar-refractivity contribution is 7.92. The van der Waals surface area contributed by atoms with Crippen molar-refractivity contribution in [2.24, 2.45) is 0 Å². The van der Waals surface area contributed by atoms with Crippen molar-refractivity contribution in [1.29, 1.82) is 0 Å². The zero-order valence-corrected chi connectivity index (χ0v) is 14.6. The first-order valence-corrected chi connectivity index (χ1v) is 9.41. The van der Waals surface area contributed by atoms with Crippen LogP contribution >= 0.6 is 0 Å². The molecule has 0 unspecified atom stereocenters. The molecular weight excluding hydrogens is 371 g/mol. The molecule has 27 heavy (non-hydrogen) atoms. The average Bonchev–Trinajstić information content (AvgIpc) is 2.77. The first kappa shape index (κ1) is 17.0. The quantitative estimate of drug-likeness (QED) is 0.715. The summed E-state index contributed by atoms with van der Waals surface area (Å²) in [5, 5.41) is 2.72. The first-order valence-electron chi connectivity index (χ1n) is 7.93. The van der Waals surface area contributed by atoms with E-state index >= 15 is 0 Å². The van der Waals surface area contributed by atoms with Gasteiger partial charge in [-0.3, -0.25) is 9.52 Å². The van der Waals surface area contributed by atoms with Crippen molar-refractivity contribution in [1.82, 2.24) is 0 Å². The summed E-state index contributed by atoms with van der Waals surface area (Å²) in [6.45, 7) is 0. The third-order valence-electron chi connectivity index (χ3n) is 3.94. The molecule has 0 bridgehead atoms. The number of fused-ring (bicyclic) bond motifs is 2. The number of nitrogens with one attached hydrogen (secondary N) is 2. The Labute approximate surface area is 154 Å².